The molecule has 0 nitrogen and oxygen atoms in total. The zero-order valence-electron chi connectivity index (χ0n) is 4.24. The first-order valence-corrected chi connectivity index (χ1v) is 16.9. The molecule has 0 aliphatic rings. The predicted molar refractivity (Wildman–Crippen MR) is 35.6 cm³/mol. The maximum atomic E-state index is 3.41. The van der Waals surface area contributed by atoms with Crippen LogP contribution in [0.15, 0.2) is 0 Å². The van der Waals surface area contributed by atoms with Gasteiger partial charge in [-0.25, -0.2) is 0 Å². The van der Waals surface area contributed by atoms with Crippen LogP contribution in [0.4, 0.5) is 0 Å². The van der Waals surface area contributed by atoms with Gasteiger partial charge in [0.05, 0.1) is 0 Å². The third-order valence-electron chi connectivity index (χ3n) is 0. The molecule has 0 aromatic carbocycles. The van der Waals surface area contributed by atoms with E-state index >= 15 is 0 Å². The average molecular weight is 613 g/mol. The fraction of sp³-hybridized carbons (Fsp3) is 0. The van der Waals surface area contributed by atoms with Gasteiger partial charge in [-0.1, -0.05) is 0 Å². The Balaban J connectivity index is -0.00000000536. The van der Waals surface area contributed by atoms with E-state index in [2.05, 4.69) is 42.5 Å². The zero-order chi connectivity index (χ0) is 6.71. The summed E-state index contributed by atoms with van der Waals surface area (Å²) < 4.78 is 0. The summed E-state index contributed by atoms with van der Waals surface area (Å²) in [4.78, 5) is 0. The second kappa shape index (κ2) is 56.5. The van der Waals surface area contributed by atoms with E-state index in [0.717, 1.165) is 14.4 Å². The van der Waals surface area contributed by atoms with Crippen molar-refractivity contribution in [2.75, 3.05) is 0 Å². The standard InChI is InChI=1S/Al.Ba.Ca.4Fe.Mn.Nb.H3Si.6H/h;;;;;;;;;1H3;;;;;;. The normalized spacial score (nSPS) is 3.10. The molecule has 10 heteroatoms. The van der Waals surface area contributed by atoms with Gasteiger partial charge < -0.3 is 0 Å². The Bertz CT molecular complexity index is 25.2. The van der Waals surface area contributed by atoms with Gasteiger partial charge in [0.1, 0.15) is 0 Å². The van der Waals surface area contributed by atoms with Crippen molar-refractivity contribution in [1.82, 2.24) is 0 Å². The summed E-state index contributed by atoms with van der Waals surface area (Å²) in [6.07, 6.45) is 0. The summed E-state index contributed by atoms with van der Waals surface area (Å²) in [7, 11) is 1.36. The molecule has 0 heterocycles. The van der Waals surface area contributed by atoms with Crippen molar-refractivity contribution >= 4 is 109 Å². The van der Waals surface area contributed by atoms with Crippen LogP contribution in [0.1, 0.15) is 0 Å². The first-order valence-electron chi connectivity index (χ1n) is 1.07. The van der Waals surface area contributed by atoms with Crippen LogP contribution in [-0.4, -0.2) is 109 Å². The monoisotopic (exact) mass is 613 g/mol. The van der Waals surface area contributed by atoms with Crippen LogP contribution in [0.3, 0.4) is 0 Å². The van der Waals surface area contributed by atoms with Gasteiger partial charge in [-0.05, 0) is 0 Å². The molecule has 0 atom stereocenters. The van der Waals surface area contributed by atoms with Crippen LogP contribution in [0.2, 0.25) is 0 Å². The summed E-state index contributed by atoms with van der Waals surface area (Å²) in [5, 5.41) is 0. The Morgan fingerprint density at radius 3 is 1.20 bits per heavy atom. The third kappa shape index (κ3) is 60.4. The van der Waals surface area contributed by atoms with Gasteiger partial charge in [-0.2, -0.15) is 0 Å². The fourth-order valence-corrected chi connectivity index (χ4v) is 0. The van der Waals surface area contributed by atoms with E-state index in [1.165, 1.54) is 8.00 Å². The third-order valence-corrected chi connectivity index (χ3v) is 0. The van der Waals surface area contributed by atoms with Crippen LogP contribution in [0, 0.1) is 0 Å². The van der Waals surface area contributed by atoms with Crippen LogP contribution in [0.25, 0.3) is 0 Å². The van der Waals surface area contributed by atoms with Crippen molar-refractivity contribution in [3.8, 4) is 0 Å². The van der Waals surface area contributed by atoms with Crippen LogP contribution in [-0.2, 0) is 91.2 Å². The Hall–Kier alpha value is 6.92. The molecule has 0 saturated heterocycles. The molecule has 0 spiro atoms. The van der Waals surface area contributed by atoms with E-state index in [9.17, 15) is 0 Å². The van der Waals surface area contributed by atoms with Crippen LogP contribution in [0.5, 0.6) is 0 Å². The molecular formula is H9AlBaCaFe4MnNbSi. The first-order chi connectivity index (χ1) is 3.41. The summed E-state index contributed by atoms with van der Waals surface area (Å²) in [6.45, 7) is 0. The molecule has 0 aromatic rings. The molecule has 0 rings (SSSR count). The van der Waals surface area contributed by atoms with Crippen molar-refractivity contribution in [1.29, 1.82) is 0 Å². The number of hydrogen-bond acceptors (Lipinski definition) is 0. The van der Waals surface area contributed by atoms with E-state index in [1.54, 1.807) is 0 Å². The second-order valence-electron chi connectivity index (χ2n) is 0.0472. The zero-order valence-corrected chi connectivity index (χ0v) is 16.0. The molecule has 0 N–H and O–H groups in total. The summed E-state index contributed by atoms with van der Waals surface area (Å²) in [5.74, 6) is 0. The van der Waals surface area contributed by atoms with Crippen LogP contribution < -0.4 is 0 Å². The van der Waals surface area contributed by atoms with Gasteiger partial charge >= 0.3 is 183 Å². The van der Waals surface area contributed by atoms with Crippen molar-refractivity contribution in [2.24, 2.45) is 0 Å². The molecule has 0 bridgehead atoms. The molecule has 0 aromatic heterocycles. The molecule has 10 heavy (non-hydrogen) atoms. The van der Waals surface area contributed by atoms with Crippen molar-refractivity contribution in [3.05, 3.63) is 0 Å². The van der Waals surface area contributed by atoms with Gasteiger partial charge in [0.25, 0.3) is 0 Å². The Kier molecular flexibility index (Phi) is 203. The molecule has 0 aliphatic carbocycles. The van der Waals surface area contributed by atoms with Crippen molar-refractivity contribution < 1.29 is 91.2 Å². The summed E-state index contributed by atoms with van der Waals surface area (Å²) >= 11 is 13.7. The maximum absolute atomic E-state index is 3.41. The molecule has 0 unspecified atom stereocenters. The van der Waals surface area contributed by atoms with Crippen molar-refractivity contribution in [3.63, 3.8) is 0 Å². The Morgan fingerprint density at radius 2 is 1.20 bits per heavy atom. The number of rotatable bonds is 0. The van der Waals surface area contributed by atoms with E-state index in [4.69, 9.17) is 0 Å². The molecular weight excluding hydrogens is 604 g/mol. The Morgan fingerprint density at radius 1 is 1.20 bits per heavy atom. The molecule has 0 fully saturated rings. The molecule has 0 aliphatic heterocycles. The predicted octanol–water partition coefficient (Wildman–Crippen LogP) is -3.95. The van der Waals surface area contributed by atoms with Gasteiger partial charge in [-0.15, -0.1) is 0 Å². The van der Waals surface area contributed by atoms with Crippen molar-refractivity contribution in [2.45, 2.75) is 0 Å². The fourth-order valence-electron chi connectivity index (χ4n) is 0. The van der Waals surface area contributed by atoms with Gasteiger partial charge in [0, 0.05) is 17.1 Å². The topological polar surface area (TPSA) is 0 Å². The second-order valence-corrected chi connectivity index (χ2v) is 3.31. The Labute approximate surface area is 194 Å². The summed E-state index contributed by atoms with van der Waals surface area (Å²) in [5.41, 5.74) is 0. The quantitative estimate of drug-likeness (QED) is 0.245. The van der Waals surface area contributed by atoms with Gasteiger partial charge in [-0.3, -0.25) is 0 Å². The van der Waals surface area contributed by atoms with Gasteiger partial charge in [0.15, 0.2) is 0 Å². The number of hydrogen-bond donors (Lipinski definition) is 0. The first kappa shape index (κ1) is 36.0. The molecule has 0 amide bonds. The van der Waals surface area contributed by atoms with Crippen LogP contribution >= 0.6 is 0 Å². The molecule has 0 saturated carbocycles. The van der Waals surface area contributed by atoms with E-state index in [1.807, 2.05) is 20.3 Å². The summed E-state index contributed by atoms with van der Waals surface area (Å²) in [6, 6.07) is 0. The minimum absolute atomic E-state index is 0. The van der Waals surface area contributed by atoms with E-state index < -0.39 is 0 Å². The SMILES string of the molecule is [AlH2][Fe].[BaH2].[CaH2].[Fe].[Fe][Mn][Fe].[SiH3][Nb]. The van der Waals surface area contributed by atoms with E-state index in [0.29, 0.717) is 11.3 Å². The minimum atomic E-state index is 0. The van der Waals surface area contributed by atoms with Gasteiger partial charge in [0.2, 0.25) is 0 Å². The average Bonchev–Trinajstić information content (AvgIpc) is 1.78. The molecule has 0 radical (unpaired) electrons. The molecule has 64 valence electrons. The van der Waals surface area contributed by atoms with E-state index in [-0.39, 0.29) is 104 Å².